The lowest BCUT2D eigenvalue weighted by Gasteiger charge is -2.20. The quantitative estimate of drug-likeness (QED) is 0.557. The molecule has 4 rings (SSSR count). The van der Waals surface area contributed by atoms with Crippen LogP contribution in [0.1, 0.15) is 56.3 Å². The Balaban J connectivity index is 1.57. The molecule has 0 aromatic heterocycles. The molecule has 1 unspecified atom stereocenters. The van der Waals surface area contributed by atoms with Crippen molar-refractivity contribution in [1.29, 1.82) is 0 Å². The van der Waals surface area contributed by atoms with Crippen LogP contribution in [0, 0.1) is 0 Å². The monoisotopic (exact) mass is 427 g/mol. The van der Waals surface area contributed by atoms with E-state index in [0.29, 0.717) is 29.8 Å². The number of carbonyl (C=O) groups is 3. The molecule has 6 nitrogen and oxygen atoms in total. The van der Waals surface area contributed by atoms with Gasteiger partial charge in [0, 0.05) is 29.8 Å². The molecule has 0 heterocycles. The largest absolute Gasteiger partial charge is 0.336 e. The second-order valence-corrected chi connectivity index (χ2v) is 7.86. The molecule has 1 aliphatic rings. The van der Waals surface area contributed by atoms with Crippen molar-refractivity contribution in [3.63, 3.8) is 0 Å². The van der Waals surface area contributed by atoms with Gasteiger partial charge in [-0.15, -0.1) is 0 Å². The van der Waals surface area contributed by atoms with Gasteiger partial charge in [0.2, 0.25) is 0 Å². The number of hydrogen-bond acceptors (Lipinski definition) is 4. The molecule has 0 saturated carbocycles. The minimum atomic E-state index is -0.886. The van der Waals surface area contributed by atoms with Gasteiger partial charge in [0.05, 0.1) is 0 Å². The Bertz CT molecular complexity index is 1160. The highest BCUT2D eigenvalue weighted by Crippen LogP contribution is 2.25. The Labute approximate surface area is 186 Å². The Kier molecular flexibility index (Phi) is 6.42. The maximum atomic E-state index is 13.2. The summed E-state index contributed by atoms with van der Waals surface area (Å²) in [5.41, 5.74) is 9.89. The first-order valence-electron chi connectivity index (χ1n) is 10.7. The Morgan fingerprint density at radius 1 is 0.938 bits per heavy atom. The van der Waals surface area contributed by atoms with Gasteiger partial charge in [-0.25, -0.2) is 0 Å². The molecule has 0 bridgehead atoms. The molecule has 3 aromatic rings. The fourth-order valence-corrected chi connectivity index (χ4v) is 3.94. The number of rotatable bonds is 6. The van der Waals surface area contributed by atoms with E-state index in [1.165, 1.54) is 0 Å². The number of hydrogen-bond donors (Lipinski definition) is 3. The molecule has 0 aliphatic heterocycles. The molecule has 1 aliphatic carbocycles. The van der Waals surface area contributed by atoms with Crippen LogP contribution in [-0.2, 0) is 17.8 Å². The summed E-state index contributed by atoms with van der Waals surface area (Å²) in [5.74, 6) is -0.583. The van der Waals surface area contributed by atoms with Gasteiger partial charge in [-0.2, -0.15) is 0 Å². The van der Waals surface area contributed by atoms with E-state index in [9.17, 15) is 14.4 Å². The Morgan fingerprint density at radius 3 is 2.53 bits per heavy atom. The van der Waals surface area contributed by atoms with Gasteiger partial charge >= 0.3 is 0 Å². The number of ketones is 1. The molecule has 1 atom stereocenters. The third-order valence-corrected chi connectivity index (χ3v) is 5.62. The number of benzene rings is 3. The molecular formula is C26H25N3O3. The normalized spacial score (nSPS) is 13.7. The van der Waals surface area contributed by atoms with Gasteiger partial charge in [0.25, 0.3) is 11.8 Å². The summed E-state index contributed by atoms with van der Waals surface area (Å²) < 4.78 is 0. The summed E-state index contributed by atoms with van der Waals surface area (Å²) in [6, 6.07) is 20.6. The highest BCUT2D eigenvalue weighted by molar-refractivity contribution is 6.03. The van der Waals surface area contributed by atoms with E-state index < -0.39 is 6.04 Å². The molecule has 0 spiro atoms. The summed E-state index contributed by atoms with van der Waals surface area (Å²) in [7, 11) is 0. The van der Waals surface area contributed by atoms with Crippen molar-refractivity contribution in [3.8, 4) is 0 Å². The van der Waals surface area contributed by atoms with E-state index in [0.717, 1.165) is 29.5 Å². The van der Waals surface area contributed by atoms with Gasteiger partial charge in [0.1, 0.15) is 6.04 Å². The van der Waals surface area contributed by atoms with Gasteiger partial charge < -0.3 is 16.4 Å². The van der Waals surface area contributed by atoms with Crippen LogP contribution < -0.4 is 16.4 Å². The minimum Gasteiger partial charge on any atom is -0.336 e. The number of anilines is 1. The van der Waals surface area contributed by atoms with Crippen LogP contribution in [0.3, 0.4) is 0 Å². The summed E-state index contributed by atoms with van der Waals surface area (Å²) in [6.45, 7) is 0.324. The number of nitrogens with one attached hydrogen (secondary N) is 2. The minimum absolute atomic E-state index is 0.137. The van der Waals surface area contributed by atoms with E-state index >= 15 is 0 Å². The van der Waals surface area contributed by atoms with Crippen molar-refractivity contribution >= 4 is 23.3 Å². The molecule has 0 fully saturated rings. The summed E-state index contributed by atoms with van der Waals surface area (Å²) in [6.07, 6.45) is 2.18. The maximum Gasteiger partial charge on any atom is 0.252 e. The predicted molar refractivity (Wildman–Crippen MR) is 123 cm³/mol. The molecule has 3 aromatic carbocycles. The van der Waals surface area contributed by atoms with Gasteiger partial charge in [-0.3, -0.25) is 14.4 Å². The number of fused-ring (bicyclic) bond motifs is 1. The van der Waals surface area contributed by atoms with Crippen molar-refractivity contribution in [2.45, 2.75) is 31.8 Å². The first-order chi connectivity index (χ1) is 15.5. The number of nitrogens with two attached hydrogens (primary N) is 1. The van der Waals surface area contributed by atoms with Crippen molar-refractivity contribution in [2.24, 2.45) is 5.73 Å². The number of carbonyl (C=O) groups excluding carboxylic acids is 3. The van der Waals surface area contributed by atoms with Gasteiger partial charge in [-0.1, -0.05) is 42.5 Å². The maximum absolute atomic E-state index is 13.2. The third-order valence-electron chi connectivity index (χ3n) is 5.62. The zero-order valence-electron chi connectivity index (χ0n) is 17.6. The van der Waals surface area contributed by atoms with E-state index in [4.69, 9.17) is 5.73 Å². The van der Waals surface area contributed by atoms with E-state index in [-0.39, 0.29) is 17.6 Å². The lowest BCUT2D eigenvalue weighted by atomic mass is 9.90. The van der Waals surface area contributed by atoms with Crippen LogP contribution >= 0.6 is 0 Å². The number of Topliss-reactive ketones (excluding diaryl/α,β-unsaturated/α-hetero) is 1. The van der Waals surface area contributed by atoms with Crippen molar-refractivity contribution in [2.75, 3.05) is 5.32 Å². The topological polar surface area (TPSA) is 101 Å². The zero-order valence-corrected chi connectivity index (χ0v) is 17.6. The van der Waals surface area contributed by atoms with Crippen LogP contribution in [0.2, 0.25) is 0 Å². The Hall–Kier alpha value is -3.77. The molecule has 162 valence electrons. The summed E-state index contributed by atoms with van der Waals surface area (Å²) in [4.78, 5) is 38.2. The smallest absolute Gasteiger partial charge is 0.252 e. The summed E-state index contributed by atoms with van der Waals surface area (Å²) >= 11 is 0. The summed E-state index contributed by atoms with van der Waals surface area (Å²) in [5, 5.41) is 5.74. The predicted octanol–water partition coefficient (Wildman–Crippen LogP) is 3.77. The Morgan fingerprint density at radius 2 is 1.75 bits per heavy atom. The van der Waals surface area contributed by atoms with Gasteiger partial charge in [0.15, 0.2) is 5.78 Å². The van der Waals surface area contributed by atoms with E-state index in [1.54, 1.807) is 42.5 Å². The van der Waals surface area contributed by atoms with Crippen LogP contribution in [0.15, 0.2) is 72.8 Å². The van der Waals surface area contributed by atoms with E-state index in [1.807, 2.05) is 30.3 Å². The van der Waals surface area contributed by atoms with E-state index in [2.05, 4.69) is 10.6 Å². The average molecular weight is 428 g/mol. The average Bonchev–Trinajstić information content (AvgIpc) is 2.83. The van der Waals surface area contributed by atoms with Crippen LogP contribution in [0.5, 0.6) is 0 Å². The lowest BCUT2D eigenvalue weighted by Crippen LogP contribution is -2.37. The molecule has 32 heavy (non-hydrogen) atoms. The second kappa shape index (κ2) is 9.58. The number of aryl methyl sites for hydroxylation is 1. The molecule has 0 saturated heterocycles. The first kappa shape index (κ1) is 21.5. The lowest BCUT2D eigenvalue weighted by molar-refractivity contribution is -0.118. The SMILES string of the molecule is NCc1cccc(C(=O)NC(C(=O)Nc2ccc3c(c2)CCCC3=O)c2ccccc2)c1. The second-order valence-electron chi connectivity index (χ2n) is 7.86. The van der Waals surface area contributed by atoms with Crippen molar-refractivity contribution < 1.29 is 14.4 Å². The van der Waals surface area contributed by atoms with Crippen LogP contribution in [-0.4, -0.2) is 17.6 Å². The van der Waals surface area contributed by atoms with Crippen LogP contribution in [0.25, 0.3) is 0 Å². The number of amides is 2. The third kappa shape index (κ3) is 4.76. The fourth-order valence-electron chi connectivity index (χ4n) is 3.94. The van der Waals surface area contributed by atoms with Crippen molar-refractivity contribution in [3.05, 3.63) is 101 Å². The molecule has 6 heteroatoms. The molecule has 4 N–H and O–H groups in total. The zero-order chi connectivity index (χ0) is 22.5. The molecule has 0 radical (unpaired) electrons. The highest BCUT2D eigenvalue weighted by Gasteiger charge is 2.24. The standard InChI is InChI=1S/C26H25N3O3/c27-16-17-6-4-10-20(14-17)25(31)29-24(18-7-2-1-3-8-18)26(32)28-21-12-13-22-19(15-21)9-5-11-23(22)30/h1-4,6-8,10,12-15,24H,5,9,11,16,27H2,(H,28,32)(H,29,31). The highest BCUT2D eigenvalue weighted by atomic mass is 16.2. The van der Waals surface area contributed by atoms with Gasteiger partial charge in [-0.05, 0) is 59.9 Å². The molecular weight excluding hydrogens is 402 g/mol. The van der Waals surface area contributed by atoms with Crippen LogP contribution in [0.4, 0.5) is 5.69 Å². The first-order valence-corrected chi connectivity index (χ1v) is 10.7. The fraction of sp³-hybridized carbons (Fsp3) is 0.192. The molecule has 2 amide bonds. The van der Waals surface area contributed by atoms with Crippen molar-refractivity contribution in [1.82, 2.24) is 5.32 Å².